The molecular weight excluding hydrogens is 394 g/mol. The summed E-state index contributed by atoms with van der Waals surface area (Å²) in [4.78, 5) is 30.8. The van der Waals surface area contributed by atoms with Gasteiger partial charge in [-0.2, -0.15) is 0 Å². The van der Waals surface area contributed by atoms with Gasteiger partial charge in [0.1, 0.15) is 0 Å². The third-order valence-electron chi connectivity index (χ3n) is 5.22. The van der Waals surface area contributed by atoms with Crippen molar-refractivity contribution in [3.05, 3.63) is 51.2 Å². The Morgan fingerprint density at radius 1 is 1.14 bits per heavy atom. The second-order valence-electron chi connectivity index (χ2n) is 7.13. The third-order valence-corrected chi connectivity index (χ3v) is 6.44. The predicted octanol–water partition coefficient (Wildman–Crippen LogP) is 2.36. The van der Waals surface area contributed by atoms with Crippen LogP contribution in [0.2, 0.25) is 4.34 Å². The molecule has 1 N–H and O–H groups in total. The number of halogens is 1. The van der Waals surface area contributed by atoms with E-state index in [0.717, 1.165) is 46.6 Å². The van der Waals surface area contributed by atoms with Crippen LogP contribution < -0.4 is 9.80 Å². The summed E-state index contributed by atoms with van der Waals surface area (Å²) >= 11 is 7.53. The number of hydrogen-bond acceptors (Lipinski definition) is 4. The molecule has 0 spiro atoms. The van der Waals surface area contributed by atoms with Crippen molar-refractivity contribution in [3.63, 3.8) is 0 Å². The van der Waals surface area contributed by atoms with Crippen molar-refractivity contribution < 1.29 is 14.5 Å². The Morgan fingerprint density at radius 3 is 2.36 bits per heavy atom. The molecule has 0 unspecified atom stereocenters. The maximum Gasteiger partial charge on any atom is 0.278 e. The van der Waals surface area contributed by atoms with E-state index in [1.807, 2.05) is 48.2 Å². The molecule has 0 atom stereocenters. The van der Waals surface area contributed by atoms with E-state index in [-0.39, 0.29) is 11.7 Å². The molecule has 1 aliphatic rings. The number of carbonyl (C=O) groups is 2. The van der Waals surface area contributed by atoms with Crippen molar-refractivity contribution in [2.24, 2.45) is 0 Å². The van der Waals surface area contributed by atoms with Crippen molar-refractivity contribution in [1.82, 2.24) is 4.90 Å². The largest absolute Gasteiger partial charge is 0.360 e. The Hall–Kier alpha value is -1.89. The van der Waals surface area contributed by atoms with Crippen LogP contribution in [0, 0.1) is 0 Å². The average Bonchev–Trinajstić information content (AvgIpc) is 3.11. The van der Waals surface area contributed by atoms with Gasteiger partial charge in [-0.15, -0.1) is 11.3 Å². The smallest absolute Gasteiger partial charge is 0.278 e. The van der Waals surface area contributed by atoms with Crippen LogP contribution in [0.1, 0.15) is 29.1 Å². The van der Waals surface area contributed by atoms with Crippen LogP contribution in [0.5, 0.6) is 0 Å². The summed E-state index contributed by atoms with van der Waals surface area (Å²) in [5, 5.41) is 0. The second-order valence-corrected chi connectivity index (χ2v) is 8.93. The fraction of sp³-hybridized carbons (Fsp3) is 0.429. The van der Waals surface area contributed by atoms with E-state index >= 15 is 0 Å². The van der Waals surface area contributed by atoms with Gasteiger partial charge in [0, 0.05) is 22.7 Å². The number of amides is 1. The first kappa shape index (κ1) is 20.8. The molecule has 28 heavy (non-hydrogen) atoms. The molecule has 1 saturated heterocycles. The number of rotatable bonds is 7. The Morgan fingerprint density at radius 2 is 1.82 bits per heavy atom. The van der Waals surface area contributed by atoms with Crippen LogP contribution in [-0.4, -0.2) is 55.9 Å². The first-order valence-corrected chi connectivity index (χ1v) is 10.9. The van der Waals surface area contributed by atoms with Gasteiger partial charge in [0.25, 0.3) is 5.91 Å². The number of carbonyl (C=O) groups excluding carboxylic acids is 2. The molecule has 0 aliphatic carbocycles. The summed E-state index contributed by atoms with van der Waals surface area (Å²) in [5.74, 6) is 0.283. The number of piperazine rings is 1. The number of nitrogens with zero attached hydrogens (tertiary/aromatic N) is 2. The fourth-order valence-electron chi connectivity index (χ4n) is 3.49. The molecule has 5 nitrogen and oxygen atoms in total. The van der Waals surface area contributed by atoms with Crippen molar-refractivity contribution in [2.75, 3.05) is 44.2 Å². The minimum absolute atomic E-state index is 0.0876. The third kappa shape index (κ3) is 5.34. The topological polar surface area (TPSA) is 45.1 Å². The van der Waals surface area contributed by atoms with Gasteiger partial charge < -0.3 is 14.7 Å². The second kappa shape index (κ2) is 9.54. The van der Waals surface area contributed by atoms with E-state index in [1.54, 1.807) is 6.92 Å². The van der Waals surface area contributed by atoms with Crippen LogP contribution >= 0.6 is 22.9 Å². The summed E-state index contributed by atoms with van der Waals surface area (Å²) < 4.78 is 0.761. The van der Waals surface area contributed by atoms with Crippen molar-refractivity contribution in [3.8, 4) is 0 Å². The van der Waals surface area contributed by atoms with Crippen LogP contribution in [-0.2, 0) is 11.3 Å². The molecule has 0 saturated carbocycles. The molecule has 7 heteroatoms. The molecule has 2 aromatic rings. The molecule has 1 fully saturated rings. The quantitative estimate of drug-likeness (QED) is 0.699. The number of anilines is 1. The van der Waals surface area contributed by atoms with Crippen molar-refractivity contribution in [1.29, 1.82) is 0 Å². The lowest BCUT2D eigenvalue weighted by Crippen LogP contribution is -3.15. The number of ketones is 1. The van der Waals surface area contributed by atoms with Gasteiger partial charge in [-0.1, -0.05) is 11.6 Å². The number of thiophene rings is 1. The zero-order chi connectivity index (χ0) is 20.1. The fourth-order valence-corrected chi connectivity index (χ4v) is 4.60. The lowest BCUT2D eigenvalue weighted by molar-refractivity contribution is -0.892. The van der Waals surface area contributed by atoms with Gasteiger partial charge in [0.2, 0.25) is 0 Å². The molecule has 150 valence electrons. The van der Waals surface area contributed by atoms with Gasteiger partial charge in [-0.25, -0.2) is 0 Å². The van der Waals surface area contributed by atoms with Crippen LogP contribution in [0.25, 0.3) is 0 Å². The minimum atomic E-state index is 0.0876. The van der Waals surface area contributed by atoms with Crippen LogP contribution in [0.15, 0.2) is 36.4 Å². The van der Waals surface area contributed by atoms with Crippen molar-refractivity contribution in [2.45, 2.75) is 20.4 Å². The monoisotopic (exact) mass is 420 g/mol. The van der Waals surface area contributed by atoms with Crippen LogP contribution in [0.4, 0.5) is 5.69 Å². The molecule has 1 aromatic carbocycles. The zero-order valence-electron chi connectivity index (χ0n) is 16.4. The van der Waals surface area contributed by atoms with E-state index < -0.39 is 0 Å². The molecule has 0 bridgehead atoms. The number of hydrogen-bond donors (Lipinski definition) is 1. The van der Waals surface area contributed by atoms with Crippen LogP contribution in [0.3, 0.4) is 0 Å². The lowest BCUT2D eigenvalue weighted by Gasteiger charge is -2.34. The van der Waals surface area contributed by atoms with Gasteiger partial charge in [-0.3, -0.25) is 9.59 Å². The highest BCUT2D eigenvalue weighted by Crippen LogP contribution is 2.22. The normalized spacial score (nSPS) is 14.9. The average molecular weight is 421 g/mol. The first-order valence-electron chi connectivity index (χ1n) is 9.67. The van der Waals surface area contributed by atoms with Gasteiger partial charge in [-0.05, 0) is 50.2 Å². The molecule has 3 rings (SSSR count). The van der Waals surface area contributed by atoms with Crippen molar-refractivity contribution >= 4 is 40.3 Å². The highest BCUT2D eigenvalue weighted by Gasteiger charge is 2.24. The van der Waals surface area contributed by atoms with E-state index in [2.05, 4.69) is 4.90 Å². The van der Waals surface area contributed by atoms with E-state index in [9.17, 15) is 9.59 Å². The predicted molar refractivity (Wildman–Crippen MR) is 115 cm³/mol. The summed E-state index contributed by atoms with van der Waals surface area (Å²) in [7, 11) is 0. The number of benzene rings is 1. The summed E-state index contributed by atoms with van der Waals surface area (Å²) in [6.45, 7) is 9.16. The zero-order valence-corrected chi connectivity index (χ0v) is 18.0. The first-order chi connectivity index (χ1) is 13.5. The van der Waals surface area contributed by atoms with Gasteiger partial charge in [0.05, 0.1) is 37.1 Å². The Labute approximate surface area is 175 Å². The summed E-state index contributed by atoms with van der Waals surface area (Å²) in [5.41, 5.74) is 1.88. The molecule has 1 aliphatic heterocycles. The lowest BCUT2D eigenvalue weighted by atomic mass is 10.1. The Bertz CT molecular complexity index is 813. The van der Waals surface area contributed by atoms with E-state index in [4.69, 9.17) is 11.6 Å². The highest BCUT2D eigenvalue weighted by molar-refractivity contribution is 7.16. The molecule has 1 amide bonds. The number of quaternary nitrogens is 1. The van der Waals surface area contributed by atoms with E-state index in [0.29, 0.717) is 19.6 Å². The summed E-state index contributed by atoms with van der Waals surface area (Å²) in [6, 6.07) is 11.7. The van der Waals surface area contributed by atoms with Gasteiger partial charge in [0.15, 0.2) is 12.3 Å². The molecule has 1 aromatic heterocycles. The SMILES string of the molecule is CCN(Cc1ccc(Cl)s1)C(=O)C[NH+]1CCN(c2ccc(C(C)=O)cc2)CC1. The minimum Gasteiger partial charge on any atom is -0.360 e. The maximum absolute atomic E-state index is 12.7. The molecule has 2 heterocycles. The highest BCUT2D eigenvalue weighted by atomic mass is 35.5. The summed E-state index contributed by atoms with van der Waals surface area (Å²) in [6.07, 6.45) is 0. The Balaban J connectivity index is 1.50. The van der Waals surface area contributed by atoms with Gasteiger partial charge >= 0.3 is 0 Å². The standard InChI is InChI=1S/C21H26ClN3O2S/c1-3-24(14-19-8-9-20(22)28-19)21(27)15-23-10-12-25(13-11-23)18-6-4-17(5-7-18)16(2)26/h4-9H,3,10-15H2,1-2H3/p+1. The molecular formula is C21H27ClN3O2S+. The molecule has 0 radical (unpaired) electrons. The number of nitrogens with one attached hydrogen (secondary N) is 1. The number of likely N-dealkylation sites (N-methyl/N-ethyl adjacent to an activating group) is 1. The Kier molecular flexibility index (Phi) is 7.10. The number of Topliss-reactive ketones (excluding diaryl/α,β-unsaturated/α-hetero) is 1. The van der Waals surface area contributed by atoms with E-state index in [1.165, 1.54) is 16.2 Å². The maximum atomic E-state index is 12.7.